The number of hydrogen-bond acceptors (Lipinski definition) is 3. The van der Waals surface area contributed by atoms with Gasteiger partial charge in [-0.15, -0.1) is 0 Å². The molecule has 3 nitrogen and oxygen atoms in total. The first-order chi connectivity index (χ1) is 12.8. The molecule has 2 aromatic rings. The van der Waals surface area contributed by atoms with Gasteiger partial charge in [-0.05, 0) is 42.2 Å². The third kappa shape index (κ3) is 2.71. The fraction of sp³-hybridized carbons (Fsp3) is 0.318. The second kappa shape index (κ2) is 6.48. The molecule has 5 rings (SSSR count). The van der Waals surface area contributed by atoms with E-state index < -0.39 is 0 Å². The van der Waals surface area contributed by atoms with Crippen molar-refractivity contribution < 1.29 is 0 Å². The van der Waals surface area contributed by atoms with Crippen LogP contribution in [0.4, 0.5) is 0 Å². The average Bonchev–Trinajstić information content (AvgIpc) is 3.07. The lowest BCUT2D eigenvalue weighted by molar-refractivity contribution is 0.213. The molecule has 2 heterocycles. The van der Waals surface area contributed by atoms with Crippen molar-refractivity contribution in [2.45, 2.75) is 43.8 Å². The Balaban J connectivity index is 1.59. The van der Waals surface area contributed by atoms with Gasteiger partial charge in [-0.1, -0.05) is 66.9 Å². The maximum atomic E-state index is 6.08. The van der Waals surface area contributed by atoms with E-state index in [1.165, 1.54) is 31.2 Å². The van der Waals surface area contributed by atoms with E-state index in [0.717, 1.165) is 22.2 Å². The molecule has 2 aliphatic heterocycles. The number of fused-ring (bicyclic) bond motifs is 3. The Labute approximate surface area is 159 Å². The van der Waals surface area contributed by atoms with Crippen LogP contribution in [0.25, 0.3) is 5.70 Å². The van der Waals surface area contributed by atoms with Gasteiger partial charge < -0.3 is 10.2 Å². The van der Waals surface area contributed by atoms with Gasteiger partial charge in [-0.2, -0.15) is 0 Å². The molecular weight excluding hydrogens is 342 g/mol. The molecule has 0 spiro atoms. The summed E-state index contributed by atoms with van der Waals surface area (Å²) in [5.41, 5.74) is 3.58. The summed E-state index contributed by atoms with van der Waals surface area (Å²) in [5.74, 6) is 1.03. The maximum Gasteiger partial charge on any atom is 0.199 e. The fourth-order valence-electron chi connectivity index (χ4n) is 4.49. The van der Waals surface area contributed by atoms with Crippen molar-refractivity contribution >= 4 is 23.3 Å². The van der Waals surface area contributed by atoms with Crippen LogP contribution in [-0.4, -0.2) is 22.9 Å². The quantitative estimate of drug-likeness (QED) is 0.812. The molecule has 4 heteroatoms. The van der Waals surface area contributed by atoms with Crippen LogP contribution in [0.3, 0.4) is 0 Å². The maximum absolute atomic E-state index is 6.08. The predicted octanol–water partition coefficient (Wildman–Crippen LogP) is 5.01. The highest BCUT2D eigenvalue weighted by molar-refractivity contribution is 6.30. The van der Waals surface area contributed by atoms with Crippen molar-refractivity contribution in [3.63, 3.8) is 0 Å². The zero-order chi connectivity index (χ0) is 17.5. The molecule has 0 radical (unpaired) electrons. The molecule has 3 atom stereocenters. The number of benzene rings is 2. The summed E-state index contributed by atoms with van der Waals surface area (Å²) in [6.45, 7) is 0. The van der Waals surface area contributed by atoms with Crippen molar-refractivity contribution in [1.29, 1.82) is 0 Å². The molecule has 0 bridgehead atoms. The molecule has 1 fully saturated rings. The van der Waals surface area contributed by atoms with Gasteiger partial charge in [-0.3, -0.25) is 0 Å². The Morgan fingerprint density at radius 3 is 2.54 bits per heavy atom. The Morgan fingerprint density at radius 1 is 0.962 bits per heavy atom. The number of halogens is 1. The predicted molar refractivity (Wildman–Crippen MR) is 107 cm³/mol. The van der Waals surface area contributed by atoms with Crippen molar-refractivity contribution in [2.75, 3.05) is 0 Å². The first kappa shape index (κ1) is 16.0. The van der Waals surface area contributed by atoms with E-state index in [2.05, 4.69) is 58.8 Å². The van der Waals surface area contributed by atoms with Gasteiger partial charge in [0.2, 0.25) is 0 Å². The molecule has 3 aliphatic rings. The molecule has 0 unspecified atom stereocenters. The molecule has 2 aromatic carbocycles. The van der Waals surface area contributed by atoms with Crippen LogP contribution in [-0.2, 0) is 0 Å². The zero-order valence-electron chi connectivity index (χ0n) is 14.6. The summed E-state index contributed by atoms with van der Waals surface area (Å²) in [6, 6.07) is 20.0. The molecule has 1 saturated carbocycles. The summed E-state index contributed by atoms with van der Waals surface area (Å²) in [7, 11) is 0. The number of nitrogens with one attached hydrogen (secondary N) is 1. The van der Waals surface area contributed by atoms with Crippen molar-refractivity contribution in [1.82, 2.24) is 10.2 Å². The number of rotatable bonds is 2. The van der Waals surface area contributed by atoms with Crippen LogP contribution in [0.1, 0.15) is 42.9 Å². The van der Waals surface area contributed by atoms with Gasteiger partial charge in [0.25, 0.3) is 0 Å². The van der Waals surface area contributed by atoms with Crippen LogP contribution in [0, 0.1) is 0 Å². The van der Waals surface area contributed by atoms with E-state index in [0.29, 0.717) is 12.1 Å². The molecule has 1 aliphatic carbocycles. The van der Waals surface area contributed by atoms with Gasteiger partial charge in [0.1, 0.15) is 0 Å². The second-order valence-corrected chi connectivity index (χ2v) is 7.78. The highest BCUT2D eigenvalue weighted by Gasteiger charge is 2.43. The normalized spacial score (nSPS) is 27.1. The number of nitrogens with zero attached hydrogens (tertiary/aromatic N) is 2. The third-order valence-corrected chi connectivity index (χ3v) is 6.00. The Hall–Kier alpha value is -2.26. The van der Waals surface area contributed by atoms with Gasteiger partial charge >= 0.3 is 0 Å². The molecular formula is C22H22ClN3. The highest BCUT2D eigenvalue weighted by Crippen LogP contribution is 2.40. The lowest BCUT2D eigenvalue weighted by Crippen LogP contribution is -2.49. The topological polar surface area (TPSA) is 27.6 Å². The first-order valence-corrected chi connectivity index (χ1v) is 9.83. The minimum absolute atomic E-state index is 0.218. The molecule has 0 amide bonds. The number of hydrogen-bond donors (Lipinski definition) is 1. The lowest BCUT2D eigenvalue weighted by Gasteiger charge is -2.40. The standard InChI is InChI=1S/C22H22ClN3/c23-17-12-10-15(11-13-17)19-14-21(16-6-2-1-3-7-16)26-20-9-5-4-8-18(20)24-22(26)25-19/h1-3,6-7,10-14,18,20-21H,4-5,8-9H2,(H,24,25)/t18-,20-,21-/m0/s1. The van der Waals surface area contributed by atoms with Gasteiger partial charge in [-0.25, -0.2) is 4.99 Å². The minimum Gasteiger partial charge on any atom is -0.327 e. The average molecular weight is 364 g/mol. The van der Waals surface area contributed by atoms with E-state index in [1.807, 2.05) is 12.1 Å². The fourth-order valence-corrected chi connectivity index (χ4v) is 4.61. The van der Waals surface area contributed by atoms with Crippen LogP contribution in [0.15, 0.2) is 65.7 Å². The summed E-state index contributed by atoms with van der Waals surface area (Å²) in [5, 5.41) is 4.36. The lowest BCUT2D eigenvalue weighted by atomic mass is 9.88. The van der Waals surface area contributed by atoms with E-state index in [9.17, 15) is 0 Å². The van der Waals surface area contributed by atoms with Crippen LogP contribution >= 0.6 is 11.6 Å². The van der Waals surface area contributed by atoms with Crippen LogP contribution in [0.2, 0.25) is 5.02 Å². The van der Waals surface area contributed by atoms with Gasteiger partial charge in [0.15, 0.2) is 5.96 Å². The minimum atomic E-state index is 0.218. The molecule has 132 valence electrons. The third-order valence-electron chi connectivity index (χ3n) is 5.75. The monoisotopic (exact) mass is 363 g/mol. The van der Waals surface area contributed by atoms with E-state index in [-0.39, 0.29) is 6.04 Å². The van der Waals surface area contributed by atoms with E-state index in [4.69, 9.17) is 16.6 Å². The SMILES string of the molecule is Clc1ccc(C2=C[C@@H](c3ccccc3)N3C(=N[C@H]4CCCC[C@@H]43)N2)cc1. The van der Waals surface area contributed by atoms with Gasteiger partial charge in [0.05, 0.1) is 18.1 Å². The van der Waals surface area contributed by atoms with Gasteiger partial charge in [0, 0.05) is 10.7 Å². The number of guanidine groups is 1. The summed E-state index contributed by atoms with van der Waals surface area (Å²) >= 11 is 6.08. The largest absolute Gasteiger partial charge is 0.327 e. The van der Waals surface area contributed by atoms with Crippen molar-refractivity contribution in [3.05, 3.63) is 76.8 Å². The number of aliphatic imine (C=N–C) groups is 1. The molecule has 0 saturated heterocycles. The van der Waals surface area contributed by atoms with Crippen molar-refractivity contribution in [3.8, 4) is 0 Å². The molecule has 26 heavy (non-hydrogen) atoms. The van der Waals surface area contributed by atoms with Crippen molar-refractivity contribution in [2.24, 2.45) is 4.99 Å². The van der Waals surface area contributed by atoms with Crippen LogP contribution in [0.5, 0.6) is 0 Å². The van der Waals surface area contributed by atoms with E-state index >= 15 is 0 Å². The van der Waals surface area contributed by atoms with E-state index in [1.54, 1.807) is 0 Å². The Kier molecular flexibility index (Phi) is 3.97. The summed E-state index contributed by atoms with van der Waals surface area (Å²) in [4.78, 5) is 7.58. The molecule has 0 aromatic heterocycles. The summed E-state index contributed by atoms with van der Waals surface area (Å²) < 4.78 is 0. The smallest absolute Gasteiger partial charge is 0.199 e. The summed E-state index contributed by atoms with van der Waals surface area (Å²) in [6.07, 6.45) is 7.36. The Morgan fingerprint density at radius 2 is 1.73 bits per heavy atom. The zero-order valence-corrected chi connectivity index (χ0v) is 15.4. The van der Waals surface area contributed by atoms with Crippen LogP contribution < -0.4 is 5.32 Å². The first-order valence-electron chi connectivity index (χ1n) is 9.45. The second-order valence-electron chi connectivity index (χ2n) is 7.35. The highest BCUT2D eigenvalue weighted by atomic mass is 35.5. The Bertz CT molecular complexity index is 857. The molecule has 1 N–H and O–H groups in total.